The highest BCUT2D eigenvalue weighted by molar-refractivity contribution is 5.97. The van der Waals surface area contributed by atoms with Gasteiger partial charge in [-0.05, 0) is 37.2 Å². The Bertz CT molecular complexity index is 900. The Labute approximate surface area is 165 Å². The maximum atomic E-state index is 12.6. The third kappa shape index (κ3) is 4.93. The standard InChI is InChI=1S/C24H24N2O2/c1-18(27)21-14-9-15-22(16-21)25-23(28)17-26(2)24(19-10-5-3-6-11-19)20-12-7-4-8-13-20/h3-16,24H,17H2,1-2H3,(H,25,28). The van der Waals surface area contributed by atoms with Crippen LogP contribution in [-0.4, -0.2) is 30.2 Å². The number of hydrogen-bond acceptors (Lipinski definition) is 3. The average Bonchev–Trinajstić information content (AvgIpc) is 2.70. The van der Waals surface area contributed by atoms with E-state index in [0.717, 1.165) is 11.1 Å². The van der Waals surface area contributed by atoms with Crippen LogP contribution in [0, 0.1) is 0 Å². The van der Waals surface area contributed by atoms with E-state index in [-0.39, 0.29) is 24.3 Å². The van der Waals surface area contributed by atoms with E-state index in [2.05, 4.69) is 29.6 Å². The van der Waals surface area contributed by atoms with E-state index in [1.165, 1.54) is 6.92 Å². The van der Waals surface area contributed by atoms with Gasteiger partial charge in [0.1, 0.15) is 0 Å². The number of amides is 1. The van der Waals surface area contributed by atoms with Gasteiger partial charge in [0.15, 0.2) is 5.78 Å². The fourth-order valence-electron chi connectivity index (χ4n) is 3.31. The number of hydrogen-bond donors (Lipinski definition) is 1. The number of Topliss-reactive ketones (excluding diaryl/α,β-unsaturated/α-hetero) is 1. The predicted molar refractivity (Wildman–Crippen MR) is 112 cm³/mol. The first-order valence-electron chi connectivity index (χ1n) is 9.25. The maximum absolute atomic E-state index is 12.6. The third-order valence-electron chi connectivity index (χ3n) is 4.62. The molecular formula is C24H24N2O2. The Morgan fingerprint density at radius 3 is 1.96 bits per heavy atom. The maximum Gasteiger partial charge on any atom is 0.238 e. The van der Waals surface area contributed by atoms with Crippen LogP contribution in [-0.2, 0) is 4.79 Å². The first-order valence-corrected chi connectivity index (χ1v) is 9.25. The van der Waals surface area contributed by atoms with Gasteiger partial charge in [0, 0.05) is 11.3 Å². The normalized spacial score (nSPS) is 10.9. The smallest absolute Gasteiger partial charge is 0.238 e. The van der Waals surface area contributed by atoms with Crippen LogP contribution in [0.5, 0.6) is 0 Å². The van der Waals surface area contributed by atoms with Crippen LogP contribution < -0.4 is 5.32 Å². The first-order chi connectivity index (χ1) is 13.5. The molecule has 0 spiro atoms. The summed E-state index contributed by atoms with van der Waals surface area (Å²) in [6.45, 7) is 1.73. The molecule has 0 saturated heterocycles. The van der Waals surface area contributed by atoms with Gasteiger partial charge in [0.25, 0.3) is 0 Å². The van der Waals surface area contributed by atoms with Crippen LogP contribution in [0.25, 0.3) is 0 Å². The van der Waals surface area contributed by atoms with Crippen molar-refractivity contribution in [3.63, 3.8) is 0 Å². The van der Waals surface area contributed by atoms with E-state index in [4.69, 9.17) is 0 Å². The van der Waals surface area contributed by atoms with Gasteiger partial charge in [-0.3, -0.25) is 14.5 Å². The Hall–Kier alpha value is -3.24. The van der Waals surface area contributed by atoms with Crippen LogP contribution in [0.2, 0.25) is 0 Å². The molecule has 0 aliphatic rings. The second-order valence-corrected chi connectivity index (χ2v) is 6.82. The average molecular weight is 372 g/mol. The quantitative estimate of drug-likeness (QED) is 0.619. The van der Waals surface area contributed by atoms with Crippen molar-refractivity contribution in [1.29, 1.82) is 0 Å². The van der Waals surface area contributed by atoms with Crippen LogP contribution in [0.1, 0.15) is 34.5 Å². The number of nitrogens with zero attached hydrogens (tertiary/aromatic N) is 1. The van der Waals surface area contributed by atoms with Crippen LogP contribution in [0.3, 0.4) is 0 Å². The lowest BCUT2D eigenvalue weighted by atomic mass is 9.97. The van der Waals surface area contributed by atoms with E-state index in [1.54, 1.807) is 24.3 Å². The monoisotopic (exact) mass is 372 g/mol. The molecule has 4 heteroatoms. The number of likely N-dealkylation sites (N-methyl/N-ethyl adjacent to an activating group) is 1. The van der Waals surface area contributed by atoms with E-state index in [9.17, 15) is 9.59 Å². The highest BCUT2D eigenvalue weighted by atomic mass is 16.2. The number of carbonyl (C=O) groups excluding carboxylic acids is 2. The molecular weight excluding hydrogens is 348 g/mol. The molecule has 0 bridgehead atoms. The van der Waals surface area contributed by atoms with Crippen molar-refractivity contribution in [1.82, 2.24) is 4.90 Å². The second kappa shape index (κ2) is 9.11. The van der Waals surface area contributed by atoms with Crippen molar-refractivity contribution in [2.45, 2.75) is 13.0 Å². The van der Waals surface area contributed by atoms with Gasteiger partial charge in [0.05, 0.1) is 12.6 Å². The number of nitrogens with one attached hydrogen (secondary N) is 1. The fraction of sp³-hybridized carbons (Fsp3) is 0.167. The van der Waals surface area contributed by atoms with Gasteiger partial charge in [-0.15, -0.1) is 0 Å². The van der Waals surface area contributed by atoms with E-state index < -0.39 is 0 Å². The number of ketones is 1. The van der Waals surface area contributed by atoms with Crippen molar-refractivity contribution in [3.05, 3.63) is 102 Å². The van der Waals surface area contributed by atoms with Crippen molar-refractivity contribution < 1.29 is 9.59 Å². The minimum atomic E-state index is -0.125. The molecule has 3 aromatic rings. The number of anilines is 1. The summed E-state index contributed by atoms with van der Waals surface area (Å²) in [4.78, 5) is 26.2. The molecule has 0 radical (unpaired) electrons. The zero-order valence-corrected chi connectivity index (χ0v) is 16.1. The Balaban J connectivity index is 1.76. The number of carbonyl (C=O) groups is 2. The van der Waals surface area contributed by atoms with Gasteiger partial charge in [-0.25, -0.2) is 0 Å². The Morgan fingerprint density at radius 1 is 0.857 bits per heavy atom. The van der Waals surface area contributed by atoms with Gasteiger partial charge < -0.3 is 5.32 Å². The lowest BCUT2D eigenvalue weighted by Crippen LogP contribution is -2.34. The van der Waals surface area contributed by atoms with Gasteiger partial charge in [-0.2, -0.15) is 0 Å². The van der Waals surface area contributed by atoms with Crippen molar-refractivity contribution in [2.24, 2.45) is 0 Å². The molecule has 1 amide bonds. The second-order valence-electron chi connectivity index (χ2n) is 6.82. The first kappa shape index (κ1) is 19.5. The topological polar surface area (TPSA) is 49.4 Å². The van der Waals surface area contributed by atoms with Gasteiger partial charge in [-0.1, -0.05) is 72.8 Å². The van der Waals surface area contributed by atoms with E-state index in [0.29, 0.717) is 11.3 Å². The van der Waals surface area contributed by atoms with E-state index in [1.807, 2.05) is 48.3 Å². The van der Waals surface area contributed by atoms with Crippen molar-refractivity contribution in [2.75, 3.05) is 18.9 Å². The summed E-state index contributed by atoms with van der Waals surface area (Å²) in [5.41, 5.74) is 3.46. The summed E-state index contributed by atoms with van der Waals surface area (Å²) >= 11 is 0. The summed E-state index contributed by atoms with van der Waals surface area (Å²) in [5, 5.41) is 2.89. The molecule has 3 rings (SSSR count). The van der Waals surface area contributed by atoms with Crippen molar-refractivity contribution >= 4 is 17.4 Å². The molecule has 142 valence electrons. The molecule has 0 heterocycles. The SMILES string of the molecule is CC(=O)c1cccc(NC(=O)CN(C)C(c2ccccc2)c2ccccc2)c1. The van der Waals surface area contributed by atoms with Crippen molar-refractivity contribution in [3.8, 4) is 0 Å². The van der Waals surface area contributed by atoms with Crippen LogP contribution >= 0.6 is 0 Å². The summed E-state index contributed by atoms with van der Waals surface area (Å²) < 4.78 is 0. The molecule has 0 fully saturated rings. The van der Waals surface area contributed by atoms with E-state index >= 15 is 0 Å². The zero-order chi connectivity index (χ0) is 19.9. The lowest BCUT2D eigenvalue weighted by molar-refractivity contribution is -0.117. The number of rotatable bonds is 7. The third-order valence-corrected chi connectivity index (χ3v) is 4.62. The van der Waals surface area contributed by atoms with Gasteiger partial charge >= 0.3 is 0 Å². The molecule has 0 saturated carbocycles. The highest BCUT2D eigenvalue weighted by Gasteiger charge is 2.21. The van der Waals surface area contributed by atoms with Crippen LogP contribution in [0.4, 0.5) is 5.69 Å². The fourth-order valence-corrected chi connectivity index (χ4v) is 3.31. The number of benzene rings is 3. The molecule has 0 aliphatic heterocycles. The molecule has 28 heavy (non-hydrogen) atoms. The molecule has 4 nitrogen and oxygen atoms in total. The summed E-state index contributed by atoms with van der Waals surface area (Å²) in [7, 11) is 1.94. The molecule has 0 aromatic heterocycles. The minimum absolute atomic E-state index is 0.0264. The van der Waals surface area contributed by atoms with Crippen LogP contribution in [0.15, 0.2) is 84.9 Å². The molecule has 0 atom stereocenters. The molecule has 0 aliphatic carbocycles. The highest BCUT2D eigenvalue weighted by Crippen LogP contribution is 2.27. The predicted octanol–water partition coefficient (Wildman–Crippen LogP) is 4.55. The molecule has 0 unspecified atom stereocenters. The molecule has 3 aromatic carbocycles. The van der Waals surface area contributed by atoms with Gasteiger partial charge in [0.2, 0.25) is 5.91 Å². The summed E-state index contributed by atoms with van der Waals surface area (Å²) in [5.74, 6) is -0.151. The largest absolute Gasteiger partial charge is 0.325 e. The summed E-state index contributed by atoms with van der Waals surface area (Å²) in [6.07, 6.45) is 0. The minimum Gasteiger partial charge on any atom is -0.325 e. The Morgan fingerprint density at radius 2 is 1.43 bits per heavy atom. The summed E-state index contributed by atoms with van der Waals surface area (Å²) in [6, 6.07) is 27.3. The lowest BCUT2D eigenvalue weighted by Gasteiger charge is -2.28. The molecule has 1 N–H and O–H groups in total. The Kier molecular flexibility index (Phi) is 6.35. The zero-order valence-electron chi connectivity index (χ0n) is 16.1.